The Balaban J connectivity index is 1.53. The lowest BCUT2D eigenvalue weighted by Gasteiger charge is -2.13. The summed E-state index contributed by atoms with van der Waals surface area (Å²) in [7, 11) is 0. The van der Waals surface area contributed by atoms with Crippen LogP contribution in [0, 0.1) is 6.92 Å². The van der Waals surface area contributed by atoms with Gasteiger partial charge >= 0.3 is 0 Å². The zero-order chi connectivity index (χ0) is 13.9. The molecule has 0 saturated heterocycles. The number of hydrogen-bond acceptors (Lipinski definition) is 4. The van der Waals surface area contributed by atoms with Crippen LogP contribution in [0.25, 0.3) is 0 Å². The zero-order valence-electron chi connectivity index (χ0n) is 11.7. The Kier molecular flexibility index (Phi) is 4.15. The second kappa shape index (κ2) is 6.04. The van der Waals surface area contributed by atoms with Crippen LogP contribution in [-0.4, -0.2) is 16.6 Å². The van der Waals surface area contributed by atoms with Crippen molar-refractivity contribution in [3.05, 3.63) is 51.0 Å². The van der Waals surface area contributed by atoms with Gasteiger partial charge in [-0.25, -0.2) is 4.98 Å². The number of benzene rings is 1. The molecule has 1 aromatic carbocycles. The number of aryl methyl sites for hydroxylation is 3. The molecular formula is C16H20N2OS. The third kappa shape index (κ3) is 2.92. The van der Waals surface area contributed by atoms with Crippen molar-refractivity contribution in [2.45, 2.75) is 38.8 Å². The van der Waals surface area contributed by atoms with Gasteiger partial charge in [0, 0.05) is 18.0 Å². The van der Waals surface area contributed by atoms with Gasteiger partial charge in [0.2, 0.25) is 0 Å². The van der Waals surface area contributed by atoms with Crippen molar-refractivity contribution in [1.82, 2.24) is 10.3 Å². The van der Waals surface area contributed by atoms with Gasteiger partial charge in [-0.05, 0) is 37.3 Å². The maximum absolute atomic E-state index is 10.2. The van der Waals surface area contributed by atoms with E-state index in [1.807, 2.05) is 42.5 Å². The van der Waals surface area contributed by atoms with Gasteiger partial charge in [0.15, 0.2) is 0 Å². The Labute approximate surface area is 123 Å². The largest absolute Gasteiger partial charge is 0.387 e. The SMILES string of the molecule is Cc1ccccc1C(O)CNCc1nc2c(s1)CCC2. The van der Waals surface area contributed by atoms with Crippen LogP contribution < -0.4 is 5.32 Å². The predicted octanol–water partition coefficient (Wildman–Crippen LogP) is 2.76. The maximum Gasteiger partial charge on any atom is 0.107 e. The Hall–Kier alpha value is -1.23. The second-order valence-corrected chi connectivity index (χ2v) is 6.50. The van der Waals surface area contributed by atoms with E-state index in [0.717, 1.165) is 29.1 Å². The first kappa shape index (κ1) is 13.7. The molecule has 0 saturated carbocycles. The molecule has 0 amide bonds. The standard InChI is InChI=1S/C16H20N2OS/c1-11-5-2-3-6-12(11)14(19)9-17-10-16-18-13-7-4-8-15(13)20-16/h2-3,5-6,14,17,19H,4,7-10H2,1H3. The highest BCUT2D eigenvalue weighted by atomic mass is 32.1. The number of nitrogens with zero attached hydrogens (tertiary/aromatic N) is 1. The number of fused-ring (bicyclic) bond motifs is 1. The summed E-state index contributed by atoms with van der Waals surface area (Å²) in [5.74, 6) is 0. The number of aliphatic hydroxyl groups is 1. The molecule has 1 aliphatic carbocycles. The molecule has 3 rings (SSSR count). The summed E-state index contributed by atoms with van der Waals surface area (Å²) in [5, 5.41) is 14.7. The van der Waals surface area contributed by atoms with Crippen LogP contribution in [0.1, 0.15) is 39.2 Å². The fourth-order valence-corrected chi connectivity index (χ4v) is 3.83. The fourth-order valence-electron chi connectivity index (χ4n) is 2.71. The lowest BCUT2D eigenvalue weighted by atomic mass is 10.0. The van der Waals surface area contributed by atoms with Gasteiger partial charge < -0.3 is 10.4 Å². The quantitative estimate of drug-likeness (QED) is 0.889. The number of hydrogen-bond donors (Lipinski definition) is 2. The summed E-state index contributed by atoms with van der Waals surface area (Å²) in [4.78, 5) is 6.11. The molecule has 3 nitrogen and oxygen atoms in total. The van der Waals surface area contributed by atoms with Crippen molar-refractivity contribution in [3.63, 3.8) is 0 Å². The fraction of sp³-hybridized carbons (Fsp3) is 0.438. The van der Waals surface area contributed by atoms with Crippen molar-refractivity contribution in [1.29, 1.82) is 0 Å². The molecule has 1 aliphatic rings. The number of aliphatic hydroxyl groups excluding tert-OH is 1. The zero-order valence-corrected chi connectivity index (χ0v) is 12.5. The molecule has 0 fully saturated rings. The average molecular weight is 288 g/mol. The van der Waals surface area contributed by atoms with E-state index in [0.29, 0.717) is 6.54 Å². The first-order valence-electron chi connectivity index (χ1n) is 7.16. The Bertz CT molecular complexity index is 572. The summed E-state index contributed by atoms with van der Waals surface area (Å²) in [6.45, 7) is 3.35. The van der Waals surface area contributed by atoms with E-state index in [4.69, 9.17) is 0 Å². The molecule has 2 aromatic rings. The first-order valence-corrected chi connectivity index (χ1v) is 7.97. The average Bonchev–Trinajstić information content (AvgIpc) is 3.00. The molecule has 0 spiro atoms. The van der Waals surface area contributed by atoms with Crippen LogP contribution in [0.5, 0.6) is 0 Å². The molecule has 1 aromatic heterocycles. The van der Waals surface area contributed by atoms with Crippen LogP contribution in [0.3, 0.4) is 0 Å². The highest BCUT2D eigenvalue weighted by Gasteiger charge is 2.16. The van der Waals surface area contributed by atoms with E-state index in [-0.39, 0.29) is 0 Å². The third-order valence-electron chi connectivity index (χ3n) is 3.80. The molecule has 1 atom stereocenters. The van der Waals surface area contributed by atoms with E-state index in [1.54, 1.807) is 0 Å². The van der Waals surface area contributed by atoms with E-state index in [1.165, 1.54) is 23.4 Å². The van der Waals surface area contributed by atoms with Crippen LogP contribution in [0.15, 0.2) is 24.3 Å². The van der Waals surface area contributed by atoms with E-state index < -0.39 is 6.10 Å². The molecule has 0 radical (unpaired) electrons. The Morgan fingerprint density at radius 2 is 2.20 bits per heavy atom. The van der Waals surface area contributed by atoms with E-state index in [2.05, 4.69) is 10.3 Å². The van der Waals surface area contributed by atoms with Crippen LogP contribution in [0.4, 0.5) is 0 Å². The first-order chi connectivity index (χ1) is 9.74. The molecule has 0 bridgehead atoms. The minimum atomic E-state index is -0.456. The van der Waals surface area contributed by atoms with Crippen molar-refractivity contribution in [2.75, 3.05) is 6.54 Å². The van der Waals surface area contributed by atoms with Crippen molar-refractivity contribution >= 4 is 11.3 Å². The van der Waals surface area contributed by atoms with Gasteiger partial charge in [-0.1, -0.05) is 24.3 Å². The van der Waals surface area contributed by atoms with E-state index >= 15 is 0 Å². The molecule has 2 N–H and O–H groups in total. The van der Waals surface area contributed by atoms with Gasteiger partial charge in [-0.2, -0.15) is 0 Å². The molecule has 106 valence electrons. The van der Waals surface area contributed by atoms with Crippen LogP contribution >= 0.6 is 11.3 Å². The Morgan fingerprint density at radius 3 is 3.00 bits per heavy atom. The number of thiazole rings is 1. The molecule has 0 aliphatic heterocycles. The topological polar surface area (TPSA) is 45.1 Å². The van der Waals surface area contributed by atoms with Crippen LogP contribution in [0.2, 0.25) is 0 Å². The van der Waals surface area contributed by atoms with E-state index in [9.17, 15) is 5.11 Å². The predicted molar refractivity (Wildman–Crippen MR) is 82.0 cm³/mol. The smallest absolute Gasteiger partial charge is 0.107 e. The number of aromatic nitrogens is 1. The molecule has 20 heavy (non-hydrogen) atoms. The molecule has 1 heterocycles. The Morgan fingerprint density at radius 1 is 1.35 bits per heavy atom. The summed E-state index contributed by atoms with van der Waals surface area (Å²) in [5.41, 5.74) is 3.43. The lowest BCUT2D eigenvalue weighted by Crippen LogP contribution is -2.21. The highest BCUT2D eigenvalue weighted by Crippen LogP contribution is 2.27. The van der Waals surface area contributed by atoms with Crippen molar-refractivity contribution < 1.29 is 5.11 Å². The monoisotopic (exact) mass is 288 g/mol. The van der Waals surface area contributed by atoms with Gasteiger partial charge in [0.25, 0.3) is 0 Å². The normalized spacial score (nSPS) is 15.3. The van der Waals surface area contributed by atoms with Crippen LogP contribution in [-0.2, 0) is 19.4 Å². The lowest BCUT2D eigenvalue weighted by molar-refractivity contribution is 0.173. The minimum absolute atomic E-state index is 0.456. The van der Waals surface area contributed by atoms with Gasteiger partial charge in [0.1, 0.15) is 5.01 Å². The molecule has 1 unspecified atom stereocenters. The summed E-state index contributed by atoms with van der Waals surface area (Å²) in [6.07, 6.45) is 3.13. The molecular weight excluding hydrogens is 268 g/mol. The third-order valence-corrected chi connectivity index (χ3v) is 4.96. The van der Waals surface area contributed by atoms with Gasteiger partial charge in [-0.15, -0.1) is 11.3 Å². The van der Waals surface area contributed by atoms with Crippen molar-refractivity contribution in [2.24, 2.45) is 0 Å². The number of nitrogens with one attached hydrogen (secondary N) is 1. The minimum Gasteiger partial charge on any atom is -0.387 e. The van der Waals surface area contributed by atoms with Gasteiger partial charge in [0.05, 0.1) is 11.8 Å². The number of rotatable bonds is 5. The van der Waals surface area contributed by atoms with Crippen molar-refractivity contribution in [3.8, 4) is 0 Å². The highest BCUT2D eigenvalue weighted by molar-refractivity contribution is 7.11. The maximum atomic E-state index is 10.2. The van der Waals surface area contributed by atoms with Gasteiger partial charge in [-0.3, -0.25) is 0 Å². The second-order valence-electron chi connectivity index (χ2n) is 5.33. The summed E-state index contributed by atoms with van der Waals surface area (Å²) >= 11 is 1.82. The summed E-state index contributed by atoms with van der Waals surface area (Å²) < 4.78 is 0. The molecule has 4 heteroatoms. The summed E-state index contributed by atoms with van der Waals surface area (Å²) in [6, 6.07) is 7.98.